The molecule has 2 amide bonds. The van der Waals surface area contributed by atoms with Gasteiger partial charge in [-0.2, -0.15) is 0 Å². The Kier molecular flexibility index (Phi) is 7.63. The van der Waals surface area contributed by atoms with E-state index in [-0.39, 0.29) is 17.2 Å². The maximum atomic E-state index is 13.1. The summed E-state index contributed by atoms with van der Waals surface area (Å²) in [6, 6.07) is 19.2. The van der Waals surface area contributed by atoms with Crippen LogP contribution in [-0.2, 0) is 10.2 Å². The Labute approximate surface area is 230 Å². The van der Waals surface area contributed by atoms with Crippen molar-refractivity contribution in [3.05, 3.63) is 90.0 Å². The summed E-state index contributed by atoms with van der Waals surface area (Å²) < 4.78 is 0. The molecule has 7 nitrogen and oxygen atoms in total. The molecule has 0 saturated carbocycles. The van der Waals surface area contributed by atoms with Crippen LogP contribution in [-0.4, -0.2) is 26.8 Å². The number of rotatable bonds is 5. The van der Waals surface area contributed by atoms with Gasteiger partial charge in [0.2, 0.25) is 5.91 Å². The van der Waals surface area contributed by atoms with Crippen molar-refractivity contribution in [2.24, 2.45) is 5.41 Å². The Morgan fingerprint density at radius 2 is 1.51 bits per heavy atom. The van der Waals surface area contributed by atoms with Gasteiger partial charge in [-0.05, 0) is 53.9 Å². The lowest BCUT2D eigenvalue weighted by atomic mass is 9.91. The minimum atomic E-state index is -0.532. The summed E-state index contributed by atoms with van der Waals surface area (Å²) in [5.41, 5.74) is 6.09. The number of hydrogen-bond acceptors (Lipinski definition) is 5. The number of anilines is 2. The first kappa shape index (κ1) is 27.6. The summed E-state index contributed by atoms with van der Waals surface area (Å²) in [5, 5.41) is 5.89. The highest BCUT2D eigenvalue weighted by Gasteiger charge is 2.22. The van der Waals surface area contributed by atoms with E-state index in [9.17, 15) is 9.59 Å². The van der Waals surface area contributed by atoms with Gasteiger partial charge in [-0.25, -0.2) is 9.97 Å². The zero-order valence-corrected chi connectivity index (χ0v) is 23.6. The summed E-state index contributed by atoms with van der Waals surface area (Å²) in [4.78, 5) is 38.5. The van der Waals surface area contributed by atoms with Crippen molar-refractivity contribution < 1.29 is 9.59 Å². The van der Waals surface area contributed by atoms with Crippen LogP contribution in [0.4, 0.5) is 11.5 Å². The van der Waals surface area contributed by atoms with Gasteiger partial charge in [0.05, 0.1) is 5.69 Å². The number of benzene rings is 2. The number of nitrogens with zero attached hydrogens (tertiary/aromatic N) is 3. The first-order chi connectivity index (χ1) is 18.3. The lowest BCUT2D eigenvalue weighted by Gasteiger charge is -2.18. The van der Waals surface area contributed by atoms with Crippen LogP contribution in [0.1, 0.15) is 63.2 Å². The Morgan fingerprint density at radius 3 is 2.23 bits per heavy atom. The van der Waals surface area contributed by atoms with Crippen molar-refractivity contribution in [3.63, 3.8) is 0 Å². The van der Waals surface area contributed by atoms with Gasteiger partial charge < -0.3 is 10.6 Å². The Morgan fingerprint density at radius 1 is 0.769 bits per heavy atom. The number of nitrogens with one attached hydrogen (secondary N) is 2. The maximum absolute atomic E-state index is 13.1. The second kappa shape index (κ2) is 10.8. The van der Waals surface area contributed by atoms with Crippen molar-refractivity contribution in [3.8, 4) is 22.4 Å². The first-order valence-corrected chi connectivity index (χ1v) is 12.9. The highest BCUT2D eigenvalue weighted by molar-refractivity contribution is 6.04. The number of carbonyl (C=O) groups is 2. The molecule has 0 bridgehead atoms. The van der Waals surface area contributed by atoms with E-state index in [0.29, 0.717) is 22.8 Å². The van der Waals surface area contributed by atoms with E-state index in [4.69, 9.17) is 0 Å². The number of carbonyl (C=O) groups excluding carboxylic acids is 2. The van der Waals surface area contributed by atoms with Gasteiger partial charge >= 0.3 is 0 Å². The average molecular weight is 522 g/mol. The molecule has 0 aliphatic heterocycles. The molecule has 0 spiro atoms. The second-order valence-corrected chi connectivity index (χ2v) is 11.7. The standard InChI is InChI=1S/C32H35N5O2/c1-20-11-12-24(36-29(38)23-13-14-33-27(16-23)31(2,3)4)17-25(20)21-9-8-10-22(15-21)26-18-28(35-19-34-26)37-30(39)32(5,6)7/h8-19H,1-7H3,(H,36,38)(H,34,35,37,39). The van der Waals surface area contributed by atoms with Crippen molar-refractivity contribution in [2.75, 3.05) is 10.6 Å². The molecule has 0 aliphatic rings. The fourth-order valence-electron chi connectivity index (χ4n) is 3.93. The monoisotopic (exact) mass is 521 g/mol. The summed E-state index contributed by atoms with van der Waals surface area (Å²) in [6.45, 7) is 13.8. The van der Waals surface area contributed by atoms with Crippen molar-refractivity contribution in [1.82, 2.24) is 15.0 Å². The van der Waals surface area contributed by atoms with E-state index in [0.717, 1.165) is 27.9 Å². The van der Waals surface area contributed by atoms with Gasteiger partial charge in [0, 0.05) is 45.6 Å². The zero-order chi connectivity index (χ0) is 28.4. The summed E-state index contributed by atoms with van der Waals surface area (Å²) in [5.74, 6) is 0.158. The number of hydrogen-bond donors (Lipinski definition) is 2. The molecular weight excluding hydrogens is 486 g/mol. The SMILES string of the molecule is Cc1ccc(NC(=O)c2ccnc(C(C)(C)C)c2)cc1-c1cccc(-c2cc(NC(=O)C(C)(C)C)ncn2)c1. The van der Waals surface area contributed by atoms with Gasteiger partial charge in [0.1, 0.15) is 12.1 Å². The second-order valence-electron chi connectivity index (χ2n) is 11.7. The lowest BCUT2D eigenvalue weighted by Crippen LogP contribution is -2.28. The van der Waals surface area contributed by atoms with Crippen LogP contribution in [0, 0.1) is 12.3 Å². The van der Waals surface area contributed by atoms with Crippen LogP contribution < -0.4 is 10.6 Å². The molecule has 0 unspecified atom stereocenters. The van der Waals surface area contributed by atoms with Crippen molar-refractivity contribution >= 4 is 23.3 Å². The molecule has 39 heavy (non-hydrogen) atoms. The molecule has 0 radical (unpaired) electrons. The molecule has 0 aliphatic carbocycles. The number of pyridine rings is 1. The molecule has 0 atom stereocenters. The maximum Gasteiger partial charge on any atom is 0.255 e. The third kappa shape index (κ3) is 6.74. The third-order valence-electron chi connectivity index (χ3n) is 6.35. The van der Waals surface area contributed by atoms with Crippen LogP contribution in [0.25, 0.3) is 22.4 Å². The van der Waals surface area contributed by atoms with Crippen LogP contribution in [0.3, 0.4) is 0 Å². The summed E-state index contributed by atoms with van der Waals surface area (Å²) >= 11 is 0. The van der Waals surface area contributed by atoms with Gasteiger partial charge in [0.15, 0.2) is 0 Å². The van der Waals surface area contributed by atoms with E-state index in [1.165, 1.54) is 6.33 Å². The largest absolute Gasteiger partial charge is 0.322 e. The summed E-state index contributed by atoms with van der Waals surface area (Å²) in [6.07, 6.45) is 3.13. The number of aryl methyl sites for hydroxylation is 1. The fourth-order valence-corrected chi connectivity index (χ4v) is 3.93. The van der Waals surface area contributed by atoms with Crippen LogP contribution in [0.2, 0.25) is 0 Å². The van der Waals surface area contributed by atoms with E-state index in [1.54, 1.807) is 18.3 Å². The lowest BCUT2D eigenvalue weighted by molar-refractivity contribution is -0.123. The summed E-state index contributed by atoms with van der Waals surface area (Å²) in [7, 11) is 0. The predicted molar refractivity (Wildman–Crippen MR) is 157 cm³/mol. The van der Waals surface area contributed by atoms with Gasteiger partial charge in [-0.3, -0.25) is 14.6 Å². The highest BCUT2D eigenvalue weighted by Crippen LogP contribution is 2.31. The van der Waals surface area contributed by atoms with Crippen LogP contribution >= 0.6 is 0 Å². The molecular formula is C32H35N5O2. The van der Waals surface area contributed by atoms with E-state index < -0.39 is 5.41 Å². The zero-order valence-electron chi connectivity index (χ0n) is 23.6. The minimum absolute atomic E-state index is 0.114. The predicted octanol–water partition coefficient (Wildman–Crippen LogP) is 7.05. The van der Waals surface area contributed by atoms with Crippen LogP contribution in [0.5, 0.6) is 0 Å². The van der Waals surface area contributed by atoms with Crippen molar-refractivity contribution in [2.45, 2.75) is 53.9 Å². The van der Waals surface area contributed by atoms with Gasteiger partial charge in [-0.1, -0.05) is 65.8 Å². The van der Waals surface area contributed by atoms with E-state index in [1.807, 2.05) is 76.2 Å². The molecule has 2 heterocycles. The van der Waals surface area contributed by atoms with Crippen molar-refractivity contribution in [1.29, 1.82) is 0 Å². The molecule has 7 heteroatoms. The molecule has 2 aromatic carbocycles. The minimum Gasteiger partial charge on any atom is -0.322 e. The van der Waals surface area contributed by atoms with Gasteiger partial charge in [-0.15, -0.1) is 0 Å². The normalized spacial score (nSPS) is 11.7. The first-order valence-electron chi connectivity index (χ1n) is 12.9. The fraction of sp³-hybridized carbons (Fsp3) is 0.281. The molecule has 2 N–H and O–H groups in total. The van der Waals surface area contributed by atoms with E-state index >= 15 is 0 Å². The Bertz CT molecular complexity index is 1530. The molecule has 200 valence electrons. The Hall–Kier alpha value is -4.39. The van der Waals surface area contributed by atoms with Gasteiger partial charge in [0.25, 0.3) is 5.91 Å². The quantitative estimate of drug-likeness (QED) is 0.293. The molecule has 4 aromatic rings. The Balaban J connectivity index is 1.60. The van der Waals surface area contributed by atoms with Crippen LogP contribution in [0.15, 0.2) is 73.2 Å². The van der Waals surface area contributed by atoms with E-state index in [2.05, 4.69) is 46.4 Å². The smallest absolute Gasteiger partial charge is 0.255 e. The highest BCUT2D eigenvalue weighted by atomic mass is 16.2. The number of amides is 2. The molecule has 4 rings (SSSR count). The topological polar surface area (TPSA) is 96.9 Å². The average Bonchev–Trinajstić information content (AvgIpc) is 2.89. The number of aromatic nitrogens is 3. The molecule has 2 aromatic heterocycles. The third-order valence-corrected chi connectivity index (χ3v) is 6.35. The molecule has 0 saturated heterocycles. The molecule has 0 fully saturated rings.